The first-order valence-corrected chi connectivity index (χ1v) is 8.39. The first kappa shape index (κ1) is 17.7. The van der Waals surface area contributed by atoms with Crippen molar-refractivity contribution >= 4 is 23.5 Å². The third-order valence-electron chi connectivity index (χ3n) is 3.58. The van der Waals surface area contributed by atoms with Crippen LogP contribution in [0.15, 0.2) is 70.7 Å². The second-order valence-corrected chi connectivity index (χ2v) is 5.83. The van der Waals surface area contributed by atoms with E-state index in [0.717, 1.165) is 17.7 Å². The van der Waals surface area contributed by atoms with Gasteiger partial charge in [0.2, 0.25) is 0 Å². The molecule has 0 aliphatic rings. The highest BCUT2D eigenvalue weighted by atomic mass is 35.5. The van der Waals surface area contributed by atoms with Crippen LogP contribution < -0.4 is 15.7 Å². The molecule has 0 aliphatic carbocycles. The first-order chi connectivity index (χ1) is 12.7. The summed E-state index contributed by atoms with van der Waals surface area (Å²) in [7, 11) is 0. The number of H-pyrrole nitrogens is 1. The second kappa shape index (κ2) is 8.82. The second-order valence-electron chi connectivity index (χ2n) is 5.45. The van der Waals surface area contributed by atoms with Crippen molar-refractivity contribution in [2.75, 3.05) is 12.0 Å². The van der Waals surface area contributed by atoms with Crippen molar-refractivity contribution in [3.05, 3.63) is 87.3 Å². The predicted octanol–water partition coefficient (Wildman–Crippen LogP) is 3.49. The lowest BCUT2D eigenvalue weighted by Crippen LogP contribution is -2.10. The van der Waals surface area contributed by atoms with E-state index in [1.54, 1.807) is 6.21 Å². The van der Waals surface area contributed by atoms with Gasteiger partial charge in [-0.3, -0.25) is 10.2 Å². The quantitative estimate of drug-likeness (QED) is 0.494. The lowest BCUT2D eigenvalue weighted by atomic mass is 10.2. The highest BCUT2D eigenvalue weighted by molar-refractivity contribution is 6.32. The minimum atomic E-state index is -0.469. The molecule has 26 heavy (non-hydrogen) atoms. The van der Waals surface area contributed by atoms with Crippen LogP contribution in [0.3, 0.4) is 0 Å². The smallest absolute Gasteiger partial charge is 0.285 e. The largest absolute Gasteiger partial charge is 0.493 e. The van der Waals surface area contributed by atoms with Crippen LogP contribution in [0.1, 0.15) is 11.1 Å². The number of anilines is 1. The molecule has 3 aromatic rings. The van der Waals surface area contributed by atoms with Crippen LogP contribution in [-0.2, 0) is 6.42 Å². The highest BCUT2D eigenvalue weighted by Gasteiger charge is 2.02. The molecule has 1 aromatic heterocycles. The average molecular weight is 369 g/mol. The Bertz CT molecular complexity index is 924. The minimum absolute atomic E-state index is 0.0133. The fraction of sp³-hybridized carbons (Fsp3) is 0.105. The summed E-state index contributed by atoms with van der Waals surface area (Å²) in [6.45, 7) is 0.618. The molecule has 0 radical (unpaired) electrons. The third kappa shape index (κ3) is 4.94. The van der Waals surface area contributed by atoms with Crippen LogP contribution in [0.2, 0.25) is 5.02 Å². The van der Waals surface area contributed by atoms with Crippen molar-refractivity contribution in [2.24, 2.45) is 5.10 Å². The molecule has 2 N–H and O–H groups in total. The van der Waals surface area contributed by atoms with Gasteiger partial charge in [-0.2, -0.15) is 10.2 Å². The molecule has 0 aliphatic heterocycles. The molecule has 3 rings (SSSR count). The van der Waals surface area contributed by atoms with Gasteiger partial charge in [0, 0.05) is 6.42 Å². The van der Waals surface area contributed by atoms with Gasteiger partial charge in [0.1, 0.15) is 16.5 Å². The number of halogens is 1. The van der Waals surface area contributed by atoms with E-state index in [4.69, 9.17) is 16.3 Å². The summed E-state index contributed by atoms with van der Waals surface area (Å²) in [5, 5.41) is 9.96. The molecule has 7 heteroatoms. The van der Waals surface area contributed by atoms with Crippen molar-refractivity contribution in [1.29, 1.82) is 0 Å². The van der Waals surface area contributed by atoms with E-state index >= 15 is 0 Å². The van der Waals surface area contributed by atoms with E-state index in [-0.39, 0.29) is 5.02 Å². The summed E-state index contributed by atoms with van der Waals surface area (Å²) in [6.07, 6.45) is 3.87. The monoisotopic (exact) mass is 368 g/mol. The Morgan fingerprint density at radius 1 is 1.15 bits per heavy atom. The zero-order valence-corrected chi connectivity index (χ0v) is 14.6. The summed E-state index contributed by atoms with van der Waals surface area (Å²) in [5.74, 6) is 0.799. The minimum Gasteiger partial charge on any atom is -0.493 e. The summed E-state index contributed by atoms with van der Waals surface area (Å²) >= 11 is 5.85. The zero-order valence-electron chi connectivity index (χ0n) is 13.9. The maximum absolute atomic E-state index is 11.3. The van der Waals surface area contributed by atoms with Gasteiger partial charge in [-0.15, -0.1) is 0 Å². The van der Waals surface area contributed by atoms with Gasteiger partial charge in [-0.1, -0.05) is 41.9 Å². The molecular weight excluding hydrogens is 352 g/mol. The Morgan fingerprint density at radius 3 is 2.69 bits per heavy atom. The molecule has 0 fully saturated rings. The zero-order chi connectivity index (χ0) is 18.2. The molecular formula is C19H17ClN4O2. The molecule has 2 aromatic carbocycles. The van der Waals surface area contributed by atoms with E-state index in [0.29, 0.717) is 12.3 Å². The van der Waals surface area contributed by atoms with Crippen molar-refractivity contribution in [1.82, 2.24) is 10.2 Å². The van der Waals surface area contributed by atoms with Gasteiger partial charge in [-0.25, -0.2) is 5.10 Å². The van der Waals surface area contributed by atoms with E-state index < -0.39 is 5.56 Å². The van der Waals surface area contributed by atoms with Gasteiger partial charge in [0.25, 0.3) is 5.56 Å². The Morgan fingerprint density at radius 2 is 1.92 bits per heavy atom. The Kier molecular flexibility index (Phi) is 6.01. The van der Waals surface area contributed by atoms with Crippen molar-refractivity contribution in [3.8, 4) is 5.75 Å². The number of rotatable bonds is 7. The Hall–Kier alpha value is -3.12. The van der Waals surface area contributed by atoms with Crippen LogP contribution in [0, 0.1) is 0 Å². The van der Waals surface area contributed by atoms with Gasteiger partial charge in [0.05, 0.1) is 19.0 Å². The SMILES string of the molecule is O=c1[nH]ncc(N/N=C/c2ccc(OCCc3ccccc3)cc2)c1Cl. The van der Waals surface area contributed by atoms with E-state index in [2.05, 4.69) is 32.9 Å². The van der Waals surface area contributed by atoms with Crippen LogP contribution >= 0.6 is 11.6 Å². The number of hydrogen-bond donors (Lipinski definition) is 2. The van der Waals surface area contributed by atoms with Crippen LogP contribution in [0.25, 0.3) is 0 Å². The van der Waals surface area contributed by atoms with Gasteiger partial charge in [0.15, 0.2) is 0 Å². The van der Waals surface area contributed by atoms with Gasteiger partial charge < -0.3 is 4.74 Å². The van der Waals surface area contributed by atoms with E-state index in [1.807, 2.05) is 42.5 Å². The molecule has 0 spiro atoms. The van der Waals surface area contributed by atoms with Crippen molar-refractivity contribution in [2.45, 2.75) is 6.42 Å². The average Bonchev–Trinajstić information content (AvgIpc) is 2.67. The number of hydrazone groups is 1. The van der Waals surface area contributed by atoms with E-state index in [9.17, 15) is 4.79 Å². The standard InChI is InChI=1S/C19H17ClN4O2/c20-18-17(13-22-24-19(18)25)23-21-12-15-6-8-16(9-7-15)26-11-10-14-4-2-1-3-5-14/h1-9,12-13H,10-11H2,(H2,23,24,25)/b21-12+. The van der Waals surface area contributed by atoms with Gasteiger partial charge in [-0.05, 0) is 35.4 Å². The molecule has 0 unspecified atom stereocenters. The van der Waals surface area contributed by atoms with Gasteiger partial charge >= 0.3 is 0 Å². The van der Waals surface area contributed by atoms with Crippen molar-refractivity contribution in [3.63, 3.8) is 0 Å². The Labute approximate surface area is 155 Å². The van der Waals surface area contributed by atoms with Crippen LogP contribution in [-0.4, -0.2) is 23.0 Å². The molecule has 1 heterocycles. The number of aromatic amines is 1. The molecule has 0 atom stereocenters. The number of aromatic nitrogens is 2. The van der Waals surface area contributed by atoms with Crippen LogP contribution in [0.5, 0.6) is 5.75 Å². The van der Waals surface area contributed by atoms with Crippen molar-refractivity contribution < 1.29 is 4.74 Å². The normalized spacial score (nSPS) is 10.8. The third-order valence-corrected chi connectivity index (χ3v) is 3.95. The summed E-state index contributed by atoms with van der Waals surface area (Å²) in [6, 6.07) is 17.7. The maximum atomic E-state index is 11.3. The Balaban J connectivity index is 1.51. The molecule has 6 nitrogen and oxygen atoms in total. The lowest BCUT2D eigenvalue weighted by molar-refractivity contribution is 0.322. The number of nitrogens with one attached hydrogen (secondary N) is 2. The molecule has 0 saturated carbocycles. The number of ether oxygens (including phenoxy) is 1. The number of hydrogen-bond acceptors (Lipinski definition) is 5. The first-order valence-electron chi connectivity index (χ1n) is 8.01. The highest BCUT2D eigenvalue weighted by Crippen LogP contribution is 2.15. The number of nitrogens with zero attached hydrogens (tertiary/aromatic N) is 2. The fourth-order valence-corrected chi connectivity index (χ4v) is 2.35. The topological polar surface area (TPSA) is 79.4 Å². The summed E-state index contributed by atoms with van der Waals surface area (Å²) in [4.78, 5) is 11.3. The maximum Gasteiger partial charge on any atom is 0.285 e. The molecule has 132 valence electrons. The molecule has 0 saturated heterocycles. The molecule has 0 bridgehead atoms. The summed E-state index contributed by atoms with van der Waals surface area (Å²) in [5.41, 5.74) is 4.69. The fourth-order valence-electron chi connectivity index (χ4n) is 2.22. The summed E-state index contributed by atoms with van der Waals surface area (Å²) < 4.78 is 5.74. The van der Waals surface area contributed by atoms with Crippen LogP contribution in [0.4, 0.5) is 5.69 Å². The predicted molar refractivity (Wildman–Crippen MR) is 103 cm³/mol. The van der Waals surface area contributed by atoms with E-state index in [1.165, 1.54) is 11.8 Å². The molecule has 0 amide bonds. The number of benzene rings is 2. The lowest BCUT2D eigenvalue weighted by Gasteiger charge is -2.06.